The highest BCUT2D eigenvalue weighted by Gasteiger charge is 2.49. The first-order valence-corrected chi connectivity index (χ1v) is 8.35. The number of halogens is 1. The van der Waals surface area contributed by atoms with Gasteiger partial charge in [0.15, 0.2) is 0 Å². The van der Waals surface area contributed by atoms with Crippen LogP contribution in [0.1, 0.15) is 46.3 Å². The minimum Gasteiger partial charge on any atom is -0.481 e. The van der Waals surface area contributed by atoms with Gasteiger partial charge in [0.25, 0.3) is 5.91 Å². The molecule has 122 valence electrons. The van der Waals surface area contributed by atoms with E-state index in [9.17, 15) is 14.7 Å². The number of hydrogen-bond donors (Lipinski definition) is 1. The van der Waals surface area contributed by atoms with Gasteiger partial charge in [-0.05, 0) is 42.2 Å². The van der Waals surface area contributed by atoms with E-state index < -0.39 is 17.9 Å². The van der Waals surface area contributed by atoms with E-state index >= 15 is 0 Å². The van der Waals surface area contributed by atoms with Gasteiger partial charge in [-0.3, -0.25) is 9.59 Å². The highest BCUT2D eigenvalue weighted by atomic mass is 35.5. The van der Waals surface area contributed by atoms with Gasteiger partial charge in [0.1, 0.15) is 5.92 Å². The van der Waals surface area contributed by atoms with Gasteiger partial charge in [0.05, 0.1) is 6.04 Å². The number of benzene rings is 2. The normalized spacial score (nSPS) is 23.0. The maximum atomic E-state index is 13.0. The third-order valence-corrected chi connectivity index (χ3v) is 5.05. The summed E-state index contributed by atoms with van der Waals surface area (Å²) in [4.78, 5) is 26.9. The zero-order valence-electron chi connectivity index (χ0n) is 12.9. The molecule has 2 aromatic carbocycles. The number of amides is 1. The van der Waals surface area contributed by atoms with Crippen LogP contribution < -0.4 is 0 Å². The zero-order valence-corrected chi connectivity index (χ0v) is 13.6. The summed E-state index contributed by atoms with van der Waals surface area (Å²) in [6.45, 7) is 0. The number of carboxylic acid groups (broad SMARTS) is 1. The Balaban J connectivity index is 1.91. The molecule has 1 fully saturated rings. The summed E-state index contributed by atoms with van der Waals surface area (Å²) < 4.78 is 0. The van der Waals surface area contributed by atoms with E-state index in [1.54, 1.807) is 41.3 Å². The molecule has 2 aliphatic rings. The first-order chi connectivity index (χ1) is 11.6. The summed E-state index contributed by atoms with van der Waals surface area (Å²) in [5.74, 6) is -1.77. The lowest BCUT2D eigenvalue weighted by atomic mass is 9.79. The number of hydrogen-bond acceptors (Lipinski definition) is 2. The molecule has 4 rings (SSSR count). The monoisotopic (exact) mass is 341 g/mol. The lowest BCUT2D eigenvalue weighted by Gasteiger charge is -2.41. The quantitative estimate of drug-likeness (QED) is 0.922. The molecule has 0 radical (unpaired) electrons. The molecule has 0 saturated heterocycles. The van der Waals surface area contributed by atoms with E-state index in [0.29, 0.717) is 16.1 Å². The van der Waals surface area contributed by atoms with Crippen molar-refractivity contribution in [2.45, 2.75) is 30.8 Å². The van der Waals surface area contributed by atoms with Gasteiger partial charge in [0, 0.05) is 16.6 Å². The van der Waals surface area contributed by atoms with Gasteiger partial charge in [0.2, 0.25) is 0 Å². The van der Waals surface area contributed by atoms with E-state index in [1.807, 2.05) is 12.1 Å². The van der Waals surface area contributed by atoms with Gasteiger partial charge in [-0.15, -0.1) is 0 Å². The highest BCUT2D eigenvalue weighted by molar-refractivity contribution is 6.30. The second-order valence-corrected chi connectivity index (χ2v) is 6.78. The van der Waals surface area contributed by atoms with Crippen molar-refractivity contribution >= 4 is 23.5 Å². The summed E-state index contributed by atoms with van der Waals surface area (Å²) in [5.41, 5.74) is 1.90. The van der Waals surface area contributed by atoms with E-state index in [1.165, 1.54) is 0 Å². The zero-order chi connectivity index (χ0) is 16.8. The standard InChI is InChI=1S/C19H16ClNO3/c20-12-7-5-11(6-8-12)17-16(19(23)24)14-3-1-2-4-15(14)18(22)21(17)13-9-10-13/h1-8,13,16-17H,9-10H2,(H,23,24)/t16-,17-/m0/s1. The Morgan fingerprint density at radius 2 is 1.75 bits per heavy atom. The van der Waals surface area contributed by atoms with Crippen LogP contribution in [0.3, 0.4) is 0 Å². The molecule has 1 N–H and O–H groups in total. The van der Waals surface area contributed by atoms with Crippen molar-refractivity contribution in [1.82, 2.24) is 4.90 Å². The number of fused-ring (bicyclic) bond motifs is 1. The number of nitrogens with zero attached hydrogens (tertiary/aromatic N) is 1. The van der Waals surface area contributed by atoms with Crippen LogP contribution in [-0.2, 0) is 4.79 Å². The summed E-state index contributed by atoms with van der Waals surface area (Å²) in [7, 11) is 0. The van der Waals surface area contributed by atoms with Crippen molar-refractivity contribution in [2.75, 3.05) is 0 Å². The Bertz CT molecular complexity index is 814. The van der Waals surface area contributed by atoms with Crippen molar-refractivity contribution < 1.29 is 14.7 Å². The van der Waals surface area contributed by atoms with Crippen LogP contribution in [0.15, 0.2) is 48.5 Å². The molecule has 1 aliphatic carbocycles. The molecule has 0 bridgehead atoms. The van der Waals surface area contributed by atoms with Crippen molar-refractivity contribution in [3.63, 3.8) is 0 Å². The van der Waals surface area contributed by atoms with Crippen molar-refractivity contribution in [3.05, 3.63) is 70.2 Å². The maximum absolute atomic E-state index is 13.0. The Labute approximate surface area is 144 Å². The van der Waals surface area contributed by atoms with E-state index in [0.717, 1.165) is 18.4 Å². The van der Waals surface area contributed by atoms with Gasteiger partial charge >= 0.3 is 5.97 Å². The second kappa shape index (κ2) is 5.64. The average molecular weight is 342 g/mol. The first kappa shape index (κ1) is 15.2. The van der Waals surface area contributed by atoms with Crippen LogP contribution in [0.4, 0.5) is 0 Å². The van der Waals surface area contributed by atoms with E-state index in [4.69, 9.17) is 11.6 Å². The van der Waals surface area contributed by atoms with Gasteiger partial charge in [-0.2, -0.15) is 0 Å². The molecule has 0 unspecified atom stereocenters. The van der Waals surface area contributed by atoms with Crippen LogP contribution in [0.5, 0.6) is 0 Å². The molecular formula is C19H16ClNO3. The summed E-state index contributed by atoms with van der Waals surface area (Å²) in [6, 6.07) is 13.8. The molecule has 0 spiro atoms. The molecule has 2 atom stereocenters. The lowest BCUT2D eigenvalue weighted by molar-refractivity contribution is -0.140. The van der Waals surface area contributed by atoms with Crippen molar-refractivity contribution in [1.29, 1.82) is 0 Å². The largest absolute Gasteiger partial charge is 0.481 e. The van der Waals surface area contributed by atoms with Crippen LogP contribution in [0.2, 0.25) is 5.02 Å². The fourth-order valence-corrected chi connectivity index (χ4v) is 3.71. The minimum absolute atomic E-state index is 0.0782. The van der Waals surface area contributed by atoms with Crippen LogP contribution >= 0.6 is 11.6 Å². The number of carbonyl (C=O) groups excluding carboxylic acids is 1. The Hall–Kier alpha value is -2.33. The van der Waals surface area contributed by atoms with Crippen molar-refractivity contribution in [2.24, 2.45) is 0 Å². The lowest BCUT2D eigenvalue weighted by Crippen LogP contribution is -2.46. The van der Waals surface area contributed by atoms with Crippen LogP contribution in [0.25, 0.3) is 0 Å². The van der Waals surface area contributed by atoms with Crippen molar-refractivity contribution in [3.8, 4) is 0 Å². The smallest absolute Gasteiger partial charge is 0.313 e. The molecule has 1 aliphatic heterocycles. The molecule has 0 aromatic heterocycles. The van der Waals surface area contributed by atoms with Gasteiger partial charge in [-0.25, -0.2) is 0 Å². The molecule has 1 saturated carbocycles. The Morgan fingerprint density at radius 3 is 2.38 bits per heavy atom. The van der Waals surface area contributed by atoms with E-state index in [2.05, 4.69) is 0 Å². The predicted molar refractivity (Wildman–Crippen MR) is 90.2 cm³/mol. The Kier molecular flexibility index (Phi) is 3.57. The summed E-state index contributed by atoms with van der Waals surface area (Å²) in [5, 5.41) is 10.5. The Morgan fingerprint density at radius 1 is 1.08 bits per heavy atom. The third-order valence-electron chi connectivity index (χ3n) is 4.79. The topological polar surface area (TPSA) is 57.6 Å². The highest BCUT2D eigenvalue weighted by Crippen LogP contribution is 2.47. The number of aliphatic carboxylic acids is 1. The number of carbonyl (C=O) groups is 2. The maximum Gasteiger partial charge on any atom is 0.313 e. The molecular weight excluding hydrogens is 326 g/mol. The number of carboxylic acids is 1. The predicted octanol–water partition coefficient (Wildman–Crippen LogP) is 3.87. The summed E-state index contributed by atoms with van der Waals surface area (Å²) >= 11 is 5.97. The summed E-state index contributed by atoms with van der Waals surface area (Å²) in [6.07, 6.45) is 1.84. The number of rotatable bonds is 3. The minimum atomic E-state index is -0.916. The fraction of sp³-hybridized carbons (Fsp3) is 0.263. The van der Waals surface area contributed by atoms with Gasteiger partial charge in [-0.1, -0.05) is 41.9 Å². The fourth-order valence-electron chi connectivity index (χ4n) is 3.59. The van der Waals surface area contributed by atoms with Crippen LogP contribution in [-0.4, -0.2) is 27.9 Å². The third kappa shape index (κ3) is 2.38. The molecule has 4 nitrogen and oxygen atoms in total. The molecule has 1 heterocycles. The van der Waals surface area contributed by atoms with Crippen LogP contribution in [0, 0.1) is 0 Å². The van der Waals surface area contributed by atoms with Gasteiger partial charge < -0.3 is 10.0 Å². The molecule has 5 heteroatoms. The average Bonchev–Trinajstić information content (AvgIpc) is 3.40. The SMILES string of the molecule is O=C(O)[C@H]1c2ccccc2C(=O)N(C2CC2)[C@H]1c1ccc(Cl)cc1. The first-order valence-electron chi connectivity index (χ1n) is 7.98. The molecule has 2 aromatic rings. The molecule has 1 amide bonds. The van der Waals surface area contributed by atoms with E-state index in [-0.39, 0.29) is 11.9 Å². The second-order valence-electron chi connectivity index (χ2n) is 6.34. The molecule has 24 heavy (non-hydrogen) atoms.